The van der Waals surface area contributed by atoms with E-state index in [0.29, 0.717) is 19.6 Å². The van der Waals surface area contributed by atoms with Gasteiger partial charge >= 0.3 is 6.03 Å². The molecule has 2 aromatic rings. The number of piperazine rings is 1. The Morgan fingerprint density at radius 3 is 2.70 bits per heavy atom. The molecule has 6 heteroatoms. The molecule has 1 fully saturated rings. The molecule has 5 nitrogen and oxygen atoms in total. The second kappa shape index (κ2) is 6.96. The van der Waals surface area contributed by atoms with Gasteiger partial charge in [-0.1, -0.05) is 11.6 Å². The number of urea groups is 1. The average molecular weight is 334 g/mol. The van der Waals surface area contributed by atoms with Crippen LogP contribution in [0.2, 0.25) is 5.02 Å². The maximum Gasteiger partial charge on any atom is 0.317 e. The van der Waals surface area contributed by atoms with Crippen molar-refractivity contribution in [2.45, 2.75) is 13.5 Å². The quantitative estimate of drug-likeness (QED) is 0.937. The first kappa shape index (κ1) is 15.7. The topological polar surface area (TPSA) is 48.7 Å². The zero-order valence-electron chi connectivity index (χ0n) is 13.1. The van der Waals surface area contributed by atoms with Crippen molar-refractivity contribution in [3.05, 3.63) is 52.9 Å². The number of hydrogen-bond acceptors (Lipinski definition) is 3. The lowest BCUT2D eigenvalue weighted by Crippen LogP contribution is -2.51. The third-order valence-electron chi connectivity index (χ3n) is 4.06. The molecule has 1 aromatic carbocycles. The SMILES string of the molecule is Cc1cc(Cl)ccc1N1CCN(C(=O)NCc2ccco2)CC1. The number of aryl methyl sites for hydroxylation is 1. The van der Waals surface area contributed by atoms with Gasteiger partial charge in [0.15, 0.2) is 0 Å². The smallest absolute Gasteiger partial charge is 0.317 e. The number of amides is 2. The van der Waals surface area contributed by atoms with E-state index in [9.17, 15) is 4.79 Å². The molecule has 3 rings (SSSR count). The van der Waals surface area contributed by atoms with E-state index in [-0.39, 0.29) is 6.03 Å². The van der Waals surface area contributed by atoms with Crippen LogP contribution < -0.4 is 10.2 Å². The van der Waals surface area contributed by atoms with Gasteiger partial charge in [-0.3, -0.25) is 0 Å². The fourth-order valence-corrected chi connectivity index (χ4v) is 3.04. The zero-order valence-corrected chi connectivity index (χ0v) is 13.8. The van der Waals surface area contributed by atoms with Gasteiger partial charge in [-0.2, -0.15) is 0 Å². The number of anilines is 1. The summed E-state index contributed by atoms with van der Waals surface area (Å²) in [6.07, 6.45) is 1.61. The summed E-state index contributed by atoms with van der Waals surface area (Å²) in [5.74, 6) is 0.758. The highest BCUT2D eigenvalue weighted by atomic mass is 35.5. The Balaban J connectivity index is 1.52. The van der Waals surface area contributed by atoms with Crippen LogP contribution in [-0.4, -0.2) is 37.1 Å². The van der Waals surface area contributed by atoms with Crippen molar-refractivity contribution >= 4 is 23.3 Å². The molecule has 23 heavy (non-hydrogen) atoms. The minimum absolute atomic E-state index is 0.0473. The second-order valence-electron chi connectivity index (χ2n) is 5.64. The molecule has 1 N–H and O–H groups in total. The number of carbonyl (C=O) groups is 1. The summed E-state index contributed by atoms with van der Waals surface area (Å²) >= 11 is 6.01. The van der Waals surface area contributed by atoms with Gasteiger partial charge in [0.1, 0.15) is 5.76 Å². The van der Waals surface area contributed by atoms with Crippen LogP contribution in [0.1, 0.15) is 11.3 Å². The molecule has 0 radical (unpaired) electrons. The first-order valence-corrected chi connectivity index (χ1v) is 8.07. The predicted octanol–water partition coefficient (Wildman–Crippen LogP) is 3.27. The molecule has 1 aromatic heterocycles. The molecule has 0 aliphatic carbocycles. The van der Waals surface area contributed by atoms with E-state index in [0.717, 1.165) is 29.4 Å². The summed E-state index contributed by atoms with van der Waals surface area (Å²) in [7, 11) is 0. The van der Waals surface area contributed by atoms with E-state index in [1.165, 1.54) is 5.69 Å². The molecule has 0 atom stereocenters. The highest BCUT2D eigenvalue weighted by Crippen LogP contribution is 2.24. The van der Waals surface area contributed by atoms with Crippen LogP contribution in [-0.2, 0) is 6.54 Å². The van der Waals surface area contributed by atoms with Crippen LogP contribution in [0.5, 0.6) is 0 Å². The van der Waals surface area contributed by atoms with Crippen LogP contribution in [0.15, 0.2) is 41.0 Å². The summed E-state index contributed by atoms with van der Waals surface area (Å²) < 4.78 is 5.22. The molecular formula is C17H20ClN3O2. The van der Waals surface area contributed by atoms with E-state index in [1.807, 2.05) is 35.2 Å². The molecule has 0 unspecified atom stereocenters. The van der Waals surface area contributed by atoms with Crippen molar-refractivity contribution in [3.63, 3.8) is 0 Å². The van der Waals surface area contributed by atoms with E-state index in [1.54, 1.807) is 6.26 Å². The monoisotopic (exact) mass is 333 g/mol. The van der Waals surface area contributed by atoms with Gasteiger partial charge in [0.25, 0.3) is 0 Å². The van der Waals surface area contributed by atoms with Crippen molar-refractivity contribution in [1.82, 2.24) is 10.2 Å². The number of benzene rings is 1. The van der Waals surface area contributed by atoms with Gasteiger partial charge in [-0.15, -0.1) is 0 Å². The van der Waals surface area contributed by atoms with E-state index in [2.05, 4.69) is 17.1 Å². The molecule has 0 saturated carbocycles. The Bertz CT molecular complexity index is 664. The molecule has 122 valence electrons. The largest absolute Gasteiger partial charge is 0.467 e. The highest BCUT2D eigenvalue weighted by molar-refractivity contribution is 6.30. The summed E-state index contributed by atoms with van der Waals surface area (Å²) in [6, 6.07) is 9.54. The van der Waals surface area contributed by atoms with Crippen molar-refractivity contribution in [3.8, 4) is 0 Å². The molecule has 1 aliphatic heterocycles. The van der Waals surface area contributed by atoms with Crippen LogP contribution in [0, 0.1) is 6.92 Å². The number of nitrogens with one attached hydrogen (secondary N) is 1. The third kappa shape index (κ3) is 3.79. The highest BCUT2D eigenvalue weighted by Gasteiger charge is 2.22. The Kier molecular flexibility index (Phi) is 4.76. The summed E-state index contributed by atoms with van der Waals surface area (Å²) in [5, 5.41) is 3.64. The molecule has 2 amide bonds. The van der Waals surface area contributed by atoms with E-state index < -0.39 is 0 Å². The lowest BCUT2D eigenvalue weighted by Gasteiger charge is -2.36. The first-order valence-electron chi connectivity index (χ1n) is 7.70. The maximum atomic E-state index is 12.2. The van der Waals surface area contributed by atoms with Gasteiger partial charge in [-0.25, -0.2) is 4.79 Å². The number of hydrogen-bond donors (Lipinski definition) is 1. The van der Waals surface area contributed by atoms with Crippen LogP contribution in [0.3, 0.4) is 0 Å². The molecule has 1 saturated heterocycles. The fraction of sp³-hybridized carbons (Fsp3) is 0.353. The average Bonchev–Trinajstić information content (AvgIpc) is 3.06. The Labute approximate surface area is 140 Å². The second-order valence-corrected chi connectivity index (χ2v) is 6.08. The fourth-order valence-electron chi connectivity index (χ4n) is 2.81. The molecule has 1 aliphatic rings. The Morgan fingerprint density at radius 1 is 1.26 bits per heavy atom. The van der Waals surface area contributed by atoms with Crippen molar-refractivity contribution in [2.75, 3.05) is 31.1 Å². The first-order chi connectivity index (χ1) is 11.1. The Hall–Kier alpha value is -2.14. The minimum atomic E-state index is -0.0473. The Morgan fingerprint density at radius 2 is 2.04 bits per heavy atom. The number of halogens is 1. The summed E-state index contributed by atoms with van der Waals surface area (Å²) in [5.41, 5.74) is 2.35. The van der Waals surface area contributed by atoms with Gasteiger partial charge in [0.2, 0.25) is 0 Å². The van der Waals surface area contributed by atoms with E-state index >= 15 is 0 Å². The summed E-state index contributed by atoms with van der Waals surface area (Å²) in [4.78, 5) is 16.3. The number of nitrogens with zero attached hydrogens (tertiary/aromatic N) is 2. The van der Waals surface area contributed by atoms with Gasteiger partial charge in [0, 0.05) is 36.9 Å². The van der Waals surface area contributed by atoms with Crippen molar-refractivity contribution in [1.29, 1.82) is 0 Å². The molecule has 0 spiro atoms. The number of furan rings is 1. The van der Waals surface area contributed by atoms with E-state index in [4.69, 9.17) is 16.0 Å². The van der Waals surface area contributed by atoms with Crippen molar-refractivity contribution in [2.24, 2.45) is 0 Å². The predicted molar refractivity (Wildman–Crippen MR) is 90.9 cm³/mol. The number of carbonyl (C=O) groups excluding carboxylic acids is 1. The summed E-state index contributed by atoms with van der Waals surface area (Å²) in [6.45, 7) is 5.51. The van der Waals surface area contributed by atoms with Gasteiger partial charge < -0.3 is 19.5 Å². The van der Waals surface area contributed by atoms with Crippen LogP contribution in [0.4, 0.5) is 10.5 Å². The third-order valence-corrected chi connectivity index (χ3v) is 4.30. The molecular weight excluding hydrogens is 314 g/mol. The molecule has 0 bridgehead atoms. The number of rotatable bonds is 3. The lowest BCUT2D eigenvalue weighted by atomic mass is 10.1. The normalized spacial score (nSPS) is 14.9. The van der Waals surface area contributed by atoms with Crippen LogP contribution >= 0.6 is 11.6 Å². The standard InChI is InChI=1S/C17H20ClN3O2/c1-13-11-14(18)4-5-16(13)20-6-8-21(9-7-20)17(22)19-12-15-3-2-10-23-15/h2-5,10-11H,6-9,12H2,1H3,(H,19,22). The lowest BCUT2D eigenvalue weighted by molar-refractivity contribution is 0.193. The van der Waals surface area contributed by atoms with Crippen LogP contribution in [0.25, 0.3) is 0 Å². The molecule has 2 heterocycles. The van der Waals surface area contributed by atoms with Gasteiger partial charge in [0.05, 0.1) is 12.8 Å². The minimum Gasteiger partial charge on any atom is -0.467 e. The maximum absolute atomic E-state index is 12.2. The van der Waals surface area contributed by atoms with Gasteiger partial charge in [-0.05, 0) is 42.8 Å². The zero-order chi connectivity index (χ0) is 16.2. The van der Waals surface area contributed by atoms with Crippen molar-refractivity contribution < 1.29 is 9.21 Å².